The minimum absolute atomic E-state index is 0.0374. The molecule has 5 amide bonds. The Bertz CT molecular complexity index is 1380. The van der Waals surface area contributed by atoms with Crippen LogP contribution >= 0.6 is 0 Å². The molecule has 1 aliphatic carbocycles. The summed E-state index contributed by atoms with van der Waals surface area (Å²) in [5, 5.41) is 8.11. The third kappa shape index (κ3) is 7.58. The van der Waals surface area contributed by atoms with E-state index < -0.39 is 23.4 Å². The molecule has 238 valence electrons. The summed E-state index contributed by atoms with van der Waals surface area (Å²) in [6, 6.07) is 6.83. The lowest BCUT2D eigenvalue weighted by Gasteiger charge is -2.31. The van der Waals surface area contributed by atoms with Gasteiger partial charge in [-0.2, -0.15) is 0 Å². The molecule has 1 aromatic heterocycles. The molecule has 2 unspecified atom stereocenters. The first-order valence-electron chi connectivity index (χ1n) is 14.2. The molecule has 15 heteroatoms. The topological polar surface area (TPSA) is 227 Å². The summed E-state index contributed by atoms with van der Waals surface area (Å²) in [7, 11) is 4.80. The molecule has 2 aromatic rings. The molecule has 1 fully saturated rings. The number of anilines is 1. The van der Waals surface area contributed by atoms with Crippen LogP contribution in [0.3, 0.4) is 0 Å². The molecule has 2 atom stereocenters. The molecule has 1 saturated carbocycles. The van der Waals surface area contributed by atoms with Gasteiger partial charge in [0.1, 0.15) is 5.69 Å². The van der Waals surface area contributed by atoms with Crippen LogP contribution in [0.4, 0.5) is 5.69 Å². The smallest absolute Gasteiger partial charge is 0.272 e. The number of para-hydroxylation sites is 1. The van der Waals surface area contributed by atoms with Crippen molar-refractivity contribution in [1.82, 2.24) is 25.9 Å². The molecule has 1 aromatic carbocycles. The summed E-state index contributed by atoms with van der Waals surface area (Å²) in [5.74, 6) is -2.07. The fourth-order valence-corrected chi connectivity index (χ4v) is 5.39. The minimum atomic E-state index is -1.25. The molecular weight excluding hydrogens is 570 g/mol. The van der Waals surface area contributed by atoms with Gasteiger partial charge in [0.05, 0.1) is 12.7 Å². The van der Waals surface area contributed by atoms with Crippen molar-refractivity contribution in [3.05, 3.63) is 47.5 Å². The first-order chi connectivity index (χ1) is 21.0. The van der Waals surface area contributed by atoms with Gasteiger partial charge in [0.25, 0.3) is 11.8 Å². The maximum atomic E-state index is 12.9. The summed E-state index contributed by atoms with van der Waals surface area (Å²) < 4.78 is 4.85. The average molecular weight is 612 g/mol. The number of aromatic nitrogens is 2. The summed E-state index contributed by atoms with van der Waals surface area (Å²) >= 11 is 0. The molecule has 2 aliphatic rings. The van der Waals surface area contributed by atoms with E-state index in [1.54, 1.807) is 4.90 Å². The zero-order chi connectivity index (χ0) is 32.4. The van der Waals surface area contributed by atoms with E-state index in [1.165, 1.54) is 26.8 Å². The highest BCUT2D eigenvalue weighted by molar-refractivity contribution is 6.04. The van der Waals surface area contributed by atoms with E-state index in [4.69, 9.17) is 16.2 Å². The standard InChI is InChI=1S/C21H27N5O3.C8H14N4O3/c1-13-6-4-5-7-16(13)26(3)21(29)14-8-10-15(11-9-14)25-20(28)18-17(19(27)22-2)23-12-24-18;1-15-3-2-8(7(10)14)5(6(9)13)11-4-12-8/h4-7,12,14-15H,8-11H2,1-3H3,(H,22,27)(H,23,24)(H,25,28);4-5H,2-3H2,1H3,(H2,9,13)(H2,10,14)(H,11,12). The van der Waals surface area contributed by atoms with Gasteiger partial charge in [-0.15, -0.1) is 0 Å². The first kappa shape index (κ1) is 33.7. The van der Waals surface area contributed by atoms with Crippen LogP contribution in [0.2, 0.25) is 0 Å². The zero-order valence-corrected chi connectivity index (χ0v) is 25.4. The Kier molecular flexibility index (Phi) is 11.6. The number of aliphatic imine (C=N–C) groups is 1. The predicted octanol–water partition coefficient (Wildman–Crippen LogP) is -0.238. The van der Waals surface area contributed by atoms with Crippen LogP contribution in [0.1, 0.15) is 58.6 Å². The number of primary amides is 2. The number of hydrogen-bond donors (Lipinski definition) is 6. The van der Waals surface area contributed by atoms with Crippen molar-refractivity contribution in [3.8, 4) is 0 Å². The lowest BCUT2D eigenvalue weighted by molar-refractivity contribution is -0.130. The molecule has 0 bridgehead atoms. The number of hydrogen-bond acceptors (Lipinski definition) is 9. The first-order valence-corrected chi connectivity index (χ1v) is 14.2. The monoisotopic (exact) mass is 611 g/mol. The third-order valence-electron chi connectivity index (χ3n) is 7.95. The predicted molar refractivity (Wildman–Crippen MR) is 163 cm³/mol. The highest BCUT2D eigenvalue weighted by Gasteiger charge is 2.49. The van der Waals surface area contributed by atoms with Gasteiger partial charge in [-0.05, 0) is 44.2 Å². The molecule has 0 spiro atoms. The molecular formula is C29H41N9O6. The van der Waals surface area contributed by atoms with E-state index in [0.29, 0.717) is 25.7 Å². The van der Waals surface area contributed by atoms with Gasteiger partial charge in [0.15, 0.2) is 17.3 Å². The van der Waals surface area contributed by atoms with E-state index in [0.717, 1.165) is 11.3 Å². The van der Waals surface area contributed by atoms with Crippen LogP contribution in [-0.2, 0) is 19.1 Å². The van der Waals surface area contributed by atoms with E-state index in [1.807, 2.05) is 38.2 Å². The van der Waals surface area contributed by atoms with Crippen molar-refractivity contribution in [1.29, 1.82) is 0 Å². The van der Waals surface area contributed by atoms with Crippen molar-refractivity contribution in [2.45, 2.75) is 56.7 Å². The van der Waals surface area contributed by atoms with Crippen LogP contribution in [0, 0.1) is 12.8 Å². The van der Waals surface area contributed by atoms with Crippen molar-refractivity contribution in [2.75, 3.05) is 32.7 Å². The van der Waals surface area contributed by atoms with Gasteiger partial charge in [0, 0.05) is 51.9 Å². The molecule has 44 heavy (non-hydrogen) atoms. The number of imidazole rings is 1. The number of H-pyrrole nitrogens is 1. The van der Waals surface area contributed by atoms with Crippen molar-refractivity contribution < 1.29 is 28.7 Å². The number of nitrogens with zero attached hydrogens (tertiary/aromatic N) is 3. The van der Waals surface area contributed by atoms with Gasteiger partial charge in [-0.3, -0.25) is 29.0 Å². The zero-order valence-electron chi connectivity index (χ0n) is 25.4. The maximum Gasteiger partial charge on any atom is 0.272 e. The number of nitrogens with two attached hydrogens (primary N) is 2. The summed E-state index contributed by atoms with van der Waals surface area (Å²) in [6.07, 6.45) is 5.69. The number of aryl methyl sites for hydroxylation is 1. The molecule has 0 saturated heterocycles. The third-order valence-corrected chi connectivity index (χ3v) is 7.95. The number of methoxy groups -OCH3 is 1. The van der Waals surface area contributed by atoms with Gasteiger partial charge in [0.2, 0.25) is 17.7 Å². The molecule has 1 aliphatic heterocycles. The second-order valence-corrected chi connectivity index (χ2v) is 10.7. The minimum Gasteiger partial charge on any atom is -0.385 e. The van der Waals surface area contributed by atoms with Crippen LogP contribution in [0.5, 0.6) is 0 Å². The summed E-state index contributed by atoms with van der Waals surface area (Å²) in [4.78, 5) is 71.9. The van der Waals surface area contributed by atoms with Crippen LogP contribution in [0.25, 0.3) is 0 Å². The van der Waals surface area contributed by atoms with Gasteiger partial charge in [-0.25, -0.2) is 4.98 Å². The maximum absolute atomic E-state index is 12.9. The van der Waals surface area contributed by atoms with Crippen LogP contribution < -0.4 is 32.3 Å². The fraction of sp³-hybridized carbons (Fsp3) is 0.483. The van der Waals surface area contributed by atoms with Gasteiger partial charge < -0.3 is 42.0 Å². The normalized spacial score (nSPS) is 22.1. The molecule has 2 heterocycles. The Labute approximate surface area is 255 Å². The largest absolute Gasteiger partial charge is 0.385 e. The number of rotatable bonds is 10. The quantitative estimate of drug-likeness (QED) is 0.210. The Balaban J connectivity index is 0.000000297. The summed E-state index contributed by atoms with van der Waals surface area (Å²) in [6.45, 7) is 2.27. The number of carbonyl (C=O) groups is 5. The van der Waals surface area contributed by atoms with Crippen molar-refractivity contribution in [2.24, 2.45) is 22.4 Å². The van der Waals surface area contributed by atoms with Crippen LogP contribution in [0.15, 0.2) is 35.6 Å². The highest BCUT2D eigenvalue weighted by Crippen LogP contribution is 2.29. The second kappa shape index (κ2) is 15.1. The van der Waals surface area contributed by atoms with Crippen LogP contribution in [-0.4, -0.2) is 91.3 Å². The molecule has 8 N–H and O–H groups in total. The Hall–Kier alpha value is -4.79. The Morgan fingerprint density at radius 3 is 2.36 bits per heavy atom. The van der Waals surface area contributed by atoms with E-state index in [9.17, 15) is 24.0 Å². The number of aromatic amines is 1. The van der Waals surface area contributed by atoms with Gasteiger partial charge in [-0.1, -0.05) is 18.2 Å². The molecule has 15 nitrogen and oxygen atoms in total. The van der Waals surface area contributed by atoms with Gasteiger partial charge >= 0.3 is 0 Å². The van der Waals surface area contributed by atoms with E-state index >= 15 is 0 Å². The lowest BCUT2D eigenvalue weighted by atomic mass is 9.85. The van der Waals surface area contributed by atoms with E-state index in [2.05, 4.69) is 30.9 Å². The SMILES string of the molecule is CNC(=O)c1[nH]cnc1C(=O)NC1CCC(C(=O)N(C)c2ccccc2C)CC1.COCCC1(C(N)=O)NC=NC1C(N)=O. The number of nitrogens with one attached hydrogen (secondary N) is 4. The average Bonchev–Trinajstić information content (AvgIpc) is 3.69. The second-order valence-electron chi connectivity index (χ2n) is 10.7. The molecule has 4 rings (SSSR count). The number of amides is 5. The number of carbonyl (C=O) groups excluding carboxylic acids is 5. The molecule has 0 radical (unpaired) electrons. The highest BCUT2D eigenvalue weighted by atomic mass is 16.5. The summed E-state index contributed by atoms with van der Waals surface area (Å²) in [5.41, 5.74) is 11.4. The van der Waals surface area contributed by atoms with Crippen molar-refractivity contribution in [3.63, 3.8) is 0 Å². The Morgan fingerprint density at radius 1 is 1.09 bits per heavy atom. The lowest BCUT2D eigenvalue weighted by Crippen LogP contribution is -2.62. The van der Waals surface area contributed by atoms with Crippen molar-refractivity contribution >= 4 is 41.6 Å². The number of benzene rings is 1. The number of ether oxygens (including phenoxy) is 1. The Morgan fingerprint density at radius 2 is 1.77 bits per heavy atom. The fourth-order valence-electron chi connectivity index (χ4n) is 5.39. The van der Waals surface area contributed by atoms with E-state index in [-0.39, 0.29) is 54.1 Å².